The van der Waals surface area contributed by atoms with Crippen LogP contribution in [0.2, 0.25) is 0 Å². The second kappa shape index (κ2) is 7.87. The third kappa shape index (κ3) is 7.56. The summed E-state index contributed by atoms with van der Waals surface area (Å²) in [7, 11) is 0.233. The second-order valence-electron chi connectivity index (χ2n) is 6.63. The molecule has 0 bridgehead atoms. The highest BCUT2D eigenvalue weighted by atomic mass is 32.2. The fourth-order valence-electron chi connectivity index (χ4n) is 2.38. The van der Waals surface area contributed by atoms with E-state index in [2.05, 4.69) is 29.4 Å². The van der Waals surface area contributed by atoms with Crippen LogP contribution in [0.25, 0.3) is 0 Å². The van der Waals surface area contributed by atoms with Crippen molar-refractivity contribution in [2.75, 3.05) is 39.0 Å². The first-order valence-corrected chi connectivity index (χ1v) is 8.82. The molecule has 0 saturated carbocycles. The number of anilines is 1. The Balaban J connectivity index is 2.52. The predicted molar refractivity (Wildman–Crippen MR) is 91.6 cm³/mol. The number of nitrogens with two attached hydrogens (primary N) is 1. The van der Waals surface area contributed by atoms with Crippen LogP contribution in [0, 0.1) is 5.41 Å². The lowest BCUT2D eigenvalue weighted by atomic mass is 9.93. The van der Waals surface area contributed by atoms with Gasteiger partial charge in [-0.3, -0.25) is 4.79 Å². The number of benzene rings is 1. The summed E-state index contributed by atoms with van der Waals surface area (Å²) in [6.07, 6.45) is 0. The van der Waals surface area contributed by atoms with Crippen LogP contribution >= 0.6 is 0 Å². The van der Waals surface area contributed by atoms with Crippen molar-refractivity contribution in [3.8, 4) is 0 Å². The molecule has 0 fully saturated rings. The van der Waals surface area contributed by atoms with Crippen molar-refractivity contribution in [3.05, 3.63) is 24.3 Å². The number of amides is 1. The van der Waals surface area contributed by atoms with Gasteiger partial charge in [-0.1, -0.05) is 19.9 Å². The normalized spacial score (nSPS) is 12.4. The van der Waals surface area contributed by atoms with Gasteiger partial charge < -0.3 is 15.5 Å². The molecule has 0 aliphatic rings. The van der Waals surface area contributed by atoms with Crippen LogP contribution in [0.1, 0.15) is 13.8 Å². The quantitative estimate of drug-likeness (QED) is 0.636. The molecule has 0 spiro atoms. The van der Waals surface area contributed by atoms with Crippen LogP contribution in [-0.2, 0) is 14.8 Å². The van der Waals surface area contributed by atoms with E-state index >= 15 is 0 Å². The van der Waals surface area contributed by atoms with Crippen molar-refractivity contribution in [2.45, 2.75) is 18.7 Å². The number of carbonyl (C=O) groups is 1. The first kappa shape index (κ1) is 19.6. The van der Waals surface area contributed by atoms with Crippen molar-refractivity contribution in [1.82, 2.24) is 10.2 Å². The molecule has 0 unspecified atom stereocenters. The minimum Gasteiger partial charge on any atom is -0.325 e. The van der Waals surface area contributed by atoms with Crippen LogP contribution in [-0.4, -0.2) is 53.0 Å². The van der Waals surface area contributed by atoms with E-state index < -0.39 is 10.0 Å². The third-order valence-corrected chi connectivity index (χ3v) is 3.99. The zero-order valence-corrected chi connectivity index (χ0v) is 14.9. The van der Waals surface area contributed by atoms with E-state index in [0.29, 0.717) is 12.2 Å². The van der Waals surface area contributed by atoms with Crippen molar-refractivity contribution >= 4 is 21.6 Å². The molecule has 7 nitrogen and oxygen atoms in total. The Hall–Kier alpha value is -1.48. The monoisotopic (exact) mass is 342 g/mol. The van der Waals surface area contributed by atoms with Gasteiger partial charge in [0.15, 0.2) is 0 Å². The minimum atomic E-state index is -3.78. The number of sulfonamides is 1. The summed E-state index contributed by atoms with van der Waals surface area (Å²) in [5.74, 6) is -0.239. The summed E-state index contributed by atoms with van der Waals surface area (Å²) < 4.78 is 22.6. The molecular weight excluding hydrogens is 316 g/mol. The first-order valence-electron chi connectivity index (χ1n) is 7.28. The topological polar surface area (TPSA) is 105 Å². The molecule has 1 amide bonds. The maximum absolute atomic E-state index is 11.9. The van der Waals surface area contributed by atoms with E-state index in [4.69, 9.17) is 5.14 Å². The van der Waals surface area contributed by atoms with E-state index in [9.17, 15) is 13.2 Å². The van der Waals surface area contributed by atoms with Gasteiger partial charge in [-0.2, -0.15) is 0 Å². The molecule has 130 valence electrons. The number of hydrogen-bond donors (Lipinski definition) is 3. The van der Waals surface area contributed by atoms with Crippen LogP contribution in [0.5, 0.6) is 0 Å². The van der Waals surface area contributed by atoms with Gasteiger partial charge in [-0.15, -0.1) is 0 Å². The van der Waals surface area contributed by atoms with Crippen LogP contribution in [0.3, 0.4) is 0 Å². The Kier molecular flexibility index (Phi) is 6.69. The van der Waals surface area contributed by atoms with Crippen molar-refractivity contribution in [2.24, 2.45) is 10.6 Å². The molecule has 0 aromatic heterocycles. The van der Waals surface area contributed by atoms with Gasteiger partial charge in [0.25, 0.3) is 0 Å². The molecule has 0 saturated heterocycles. The molecular formula is C15H26N4O3S. The van der Waals surface area contributed by atoms with Gasteiger partial charge in [0.2, 0.25) is 15.9 Å². The molecule has 0 radical (unpaired) electrons. The molecule has 1 aromatic carbocycles. The fourth-order valence-corrected chi connectivity index (χ4v) is 2.94. The highest BCUT2D eigenvalue weighted by Gasteiger charge is 2.18. The summed E-state index contributed by atoms with van der Waals surface area (Å²) in [5, 5.41) is 10.8. The highest BCUT2D eigenvalue weighted by molar-refractivity contribution is 7.89. The van der Waals surface area contributed by atoms with Crippen LogP contribution in [0.4, 0.5) is 5.69 Å². The number of nitrogens with zero attached hydrogens (tertiary/aromatic N) is 1. The van der Waals surface area contributed by atoms with Gasteiger partial charge in [-0.05, 0) is 37.7 Å². The number of rotatable bonds is 8. The Morgan fingerprint density at radius 2 is 1.96 bits per heavy atom. The highest BCUT2D eigenvalue weighted by Crippen LogP contribution is 2.15. The average Bonchev–Trinajstić information content (AvgIpc) is 2.36. The number of nitrogens with one attached hydrogen (secondary N) is 2. The van der Waals surface area contributed by atoms with Gasteiger partial charge >= 0.3 is 0 Å². The summed E-state index contributed by atoms with van der Waals surface area (Å²) in [5.41, 5.74) is 0.438. The molecule has 0 atom stereocenters. The third-order valence-electron chi connectivity index (χ3n) is 3.08. The van der Waals surface area contributed by atoms with Gasteiger partial charge in [0.05, 0.1) is 11.4 Å². The van der Waals surface area contributed by atoms with Crippen molar-refractivity contribution < 1.29 is 13.2 Å². The van der Waals surface area contributed by atoms with E-state index in [1.165, 1.54) is 18.2 Å². The van der Waals surface area contributed by atoms with Gasteiger partial charge in [0, 0.05) is 18.8 Å². The molecule has 4 N–H and O–H groups in total. The SMILES string of the molecule is CN(C)CC(C)(C)CNCC(=O)Nc1cccc(S(N)(=O)=O)c1. The Labute approximate surface area is 138 Å². The second-order valence-corrected chi connectivity index (χ2v) is 8.19. The molecule has 1 rings (SSSR count). The number of hydrogen-bond acceptors (Lipinski definition) is 5. The van der Waals surface area contributed by atoms with E-state index in [1.807, 2.05) is 14.1 Å². The van der Waals surface area contributed by atoms with E-state index in [0.717, 1.165) is 6.54 Å². The van der Waals surface area contributed by atoms with E-state index in [-0.39, 0.29) is 22.8 Å². The van der Waals surface area contributed by atoms with Gasteiger partial charge in [0.1, 0.15) is 0 Å². The molecule has 8 heteroatoms. The summed E-state index contributed by atoms with van der Waals surface area (Å²) in [4.78, 5) is 14.0. The predicted octanol–water partition coefficient (Wildman–Crippen LogP) is 0.450. The van der Waals surface area contributed by atoms with Crippen molar-refractivity contribution in [1.29, 1.82) is 0 Å². The maximum Gasteiger partial charge on any atom is 0.238 e. The molecule has 1 aromatic rings. The molecule has 0 aliphatic heterocycles. The lowest BCUT2D eigenvalue weighted by Crippen LogP contribution is -2.40. The largest absolute Gasteiger partial charge is 0.325 e. The van der Waals surface area contributed by atoms with Crippen molar-refractivity contribution in [3.63, 3.8) is 0 Å². The smallest absolute Gasteiger partial charge is 0.238 e. The first-order chi connectivity index (χ1) is 10.5. The standard InChI is InChI=1S/C15H26N4O3S/c1-15(2,11-19(3)4)10-17-9-14(20)18-12-6-5-7-13(8-12)23(16,21)22/h5-8,17H,9-11H2,1-4H3,(H,18,20)(H2,16,21,22). The lowest BCUT2D eigenvalue weighted by molar-refractivity contribution is -0.115. The van der Waals surface area contributed by atoms with Gasteiger partial charge in [-0.25, -0.2) is 13.6 Å². The van der Waals surface area contributed by atoms with E-state index in [1.54, 1.807) is 6.07 Å². The maximum atomic E-state index is 11.9. The molecule has 0 heterocycles. The summed E-state index contributed by atoms with van der Waals surface area (Å²) in [6.45, 7) is 5.98. The average molecular weight is 342 g/mol. The van der Waals surface area contributed by atoms with Crippen LogP contribution < -0.4 is 15.8 Å². The molecule has 23 heavy (non-hydrogen) atoms. The Morgan fingerprint density at radius 3 is 2.52 bits per heavy atom. The zero-order valence-electron chi connectivity index (χ0n) is 14.1. The number of carbonyl (C=O) groups excluding carboxylic acids is 1. The minimum absolute atomic E-state index is 0.0321. The lowest BCUT2D eigenvalue weighted by Gasteiger charge is -2.28. The fraction of sp³-hybridized carbons (Fsp3) is 0.533. The molecule has 0 aliphatic carbocycles. The Bertz CT molecular complexity index is 642. The van der Waals surface area contributed by atoms with Crippen LogP contribution in [0.15, 0.2) is 29.2 Å². The summed E-state index contributed by atoms with van der Waals surface area (Å²) >= 11 is 0. The Morgan fingerprint density at radius 1 is 1.30 bits per heavy atom. The summed E-state index contributed by atoms with van der Waals surface area (Å²) in [6, 6.07) is 5.86. The number of primary sulfonamides is 1. The zero-order chi connectivity index (χ0) is 17.7.